The number of rotatable bonds is 5. The molecule has 5 nitrogen and oxygen atoms in total. The number of carbonyl (C=O) groups excluding carboxylic acids is 1. The van der Waals surface area contributed by atoms with Crippen LogP contribution in [0.2, 0.25) is 0 Å². The molecule has 1 amide bonds. The van der Waals surface area contributed by atoms with Crippen LogP contribution in [-0.4, -0.2) is 27.3 Å². The number of nitrogens with zero attached hydrogens (tertiary/aromatic N) is 2. The van der Waals surface area contributed by atoms with Crippen LogP contribution in [-0.2, 0) is 6.54 Å². The maximum Gasteiger partial charge on any atom is 0.255 e. The quantitative estimate of drug-likeness (QED) is 0.800. The Morgan fingerprint density at radius 2 is 2.05 bits per heavy atom. The van der Waals surface area contributed by atoms with Crippen LogP contribution < -0.4 is 5.32 Å². The molecule has 0 aliphatic rings. The number of hydrogen-bond donors (Lipinski definition) is 2. The number of amides is 1. The third kappa shape index (κ3) is 3.88. The number of phenolic OH excluding ortho intramolecular Hbond substituents is 1. The molecule has 1 aromatic carbocycles. The van der Waals surface area contributed by atoms with Crippen molar-refractivity contribution in [3.8, 4) is 5.75 Å². The van der Waals surface area contributed by atoms with E-state index >= 15 is 0 Å². The Balaban J connectivity index is 1.90. The Morgan fingerprint density at radius 1 is 1.32 bits per heavy atom. The molecule has 2 N–H and O–H groups in total. The zero-order valence-corrected chi connectivity index (χ0v) is 14.6. The molecule has 2 aromatic rings. The summed E-state index contributed by atoms with van der Waals surface area (Å²) in [6.45, 7) is 7.14. The minimum atomic E-state index is -0.268. The van der Waals surface area contributed by atoms with Crippen LogP contribution >= 0.6 is 15.9 Å². The summed E-state index contributed by atoms with van der Waals surface area (Å²) in [4.78, 5) is 12.1. The SMILES string of the molecule is Cc1cc(Br)c(O)c(C(=O)NCCCn2nc(C)cc2C)c1. The third-order valence-electron chi connectivity index (χ3n) is 3.39. The molecule has 0 atom stereocenters. The molecule has 118 valence electrons. The lowest BCUT2D eigenvalue weighted by atomic mass is 10.1. The first-order valence-corrected chi connectivity index (χ1v) is 7.96. The van der Waals surface area contributed by atoms with Crippen molar-refractivity contribution in [1.29, 1.82) is 0 Å². The second-order valence-electron chi connectivity index (χ2n) is 5.40. The molecular weight excluding hydrogens is 346 g/mol. The highest BCUT2D eigenvalue weighted by molar-refractivity contribution is 9.10. The molecule has 0 aliphatic heterocycles. The molecule has 0 fully saturated rings. The molecule has 0 spiro atoms. The van der Waals surface area contributed by atoms with Crippen molar-refractivity contribution in [3.05, 3.63) is 45.2 Å². The first-order valence-electron chi connectivity index (χ1n) is 7.17. The fourth-order valence-corrected chi connectivity index (χ4v) is 2.91. The fourth-order valence-electron chi connectivity index (χ4n) is 2.33. The van der Waals surface area contributed by atoms with Crippen LogP contribution in [0.5, 0.6) is 5.75 Å². The normalized spacial score (nSPS) is 10.7. The van der Waals surface area contributed by atoms with E-state index in [1.807, 2.05) is 31.5 Å². The van der Waals surface area contributed by atoms with Crippen molar-refractivity contribution >= 4 is 21.8 Å². The van der Waals surface area contributed by atoms with Crippen molar-refractivity contribution in [3.63, 3.8) is 0 Å². The highest BCUT2D eigenvalue weighted by Crippen LogP contribution is 2.29. The third-order valence-corrected chi connectivity index (χ3v) is 3.99. The Bertz CT molecular complexity index is 695. The minimum Gasteiger partial charge on any atom is -0.506 e. The summed E-state index contributed by atoms with van der Waals surface area (Å²) in [5.74, 6) is -0.295. The summed E-state index contributed by atoms with van der Waals surface area (Å²) in [5, 5.41) is 17.2. The van der Waals surface area contributed by atoms with E-state index in [1.54, 1.807) is 12.1 Å². The maximum atomic E-state index is 12.1. The number of carbonyl (C=O) groups is 1. The molecule has 0 unspecified atom stereocenters. The summed E-state index contributed by atoms with van der Waals surface area (Å²) in [7, 11) is 0. The number of phenols is 1. The van der Waals surface area contributed by atoms with Gasteiger partial charge >= 0.3 is 0 Å². The number of benzene rings is 1. The molecule has 22 heavy (non-hydrogen) atoms. The monoisotopic (exact) mass is 365 g/mol. The molecule has 1 heterocycles. The van der Waals surface area contributed by atoms with Crippen LogP contribution in [0.1, 0.15) is 33.7 Å². The number of nitrogens with one attached hydrogen (secondary N) is 1. The van der Waals surface area contributed by atoms with Gasteiger partial charge in [0.15, 0.2) is 0 Å². The first-order chi connectivity index (χ1) is 10.4. The van der Waals surface area contributed by atoms with Crippen LogP contribution in [0, 0.1) is 20.8 Å². The largest absolute Gasteiger partial charge is 0.506 e. The molecular formula is C16H20BrN3O2. The van der Waals surface area contributed by atoms with Crippen LogP contribution in [0.15, 0.2) is 22.7 Å². The molecule has 2 rings (SSSR count). The number of hydrogen-bond acceptors (Lipinski definition) is 3. The Kier molecular flexibility index (Phi) is 5.24. The molecule has 0 saturated carbocycles. The van der Waals surface area contributed by atoms with Gasteiger partial charge in [-0.3, -0.25) is 9.48 Å². The number of aryl methyl sites for hydroxylation is 4. The van der Waals surface area contributed by atoms with Crippen molar-refractivity contribution in [2.75, 3.05) is 6.54 Å². The fraction of sp³-hybridized carbons (Fsp3) is 0.375. The van der Waals surface area contributed by atoms with Gasteiger partial charge in [-0.05, 0) is 66.9 Å². The lowest BCUT2D eigenvalue weighted by Gasteiger charge is -2.09. The highest BCUT2D eigenvalue weighted by atomic mass is 79.9. The summed E-state index contributed by atoms with van der Waals surface area (Å²) in [6, 6.07) is 5.48. The van der Waals surface area contributed by atoms with Gasteiger partial charge in [-0.25, -0.2) is 0 Å². The van der Waals surface area contributed by atoms with E-state index in [0.29, 0.717) is 11.0 Å². The number of aromatic hydroxyl groups is 1. The van der Waals surface area contributed by atoms with Crippen LogP contribution in [0.4, 0.5) is 0 Å². The van der Waals surface area contributed by atoms with Gasteiger partial charge in [-0.15, -0.1) is 0 Å². The second kappa shape index (κ2) is 6.96. The topological polar surface area (TPSA) is 67.2 Å². The predicted octanol–water partition coefficient (Wildman–Crippen LogP) is 3.10. The van der Waals surface area contributed by atoms with Gasteiger partial charge in [0.1, 0.15) is 5.75 Å². The lowest BCUT2D eigenvalue weighted by molar-refractivity contribution is 0.0949. The predicted molar refractivity (Wildman–Crippen MR) is 89.2 cm³/mol. The molecule has 0 saturated heterocycles. The summed E-state index contributed by atoms with van der Waals surface area (Å²) >= 11 is 3.25. The Morgan fingerprint density at radius 3 is 2.68 bits per heavy atom. The average molecular weight is 366 g/mol. The van der Waals surface area contributed by atoms with E-state index in [9.17, 15) is 9.90 Å². The van der Waals surface area contributed by atoms with Crippen molar-refractivity contribution < 1.29 is 9.90 Å². The van der Waals surface area contributed by atoms with Gasteiger partial charge in [0, 0.05) is 18.8 Å². The lowest BCUT2D eigenvalue weighted by Crippen LogP contribution is -2.25. The summed E-state index contributed by atoms with van der Waals surface area (Å²) in [5.41, 5.74) is 3.32. The molecule has 0 bridgehead atoms. The smallest absolute Gasteiger partial charge is 0.255 e. The zero-order chi connectivity index (χ0) is 16.3. The van der Waals surface area contributed by atoms with Gasteiger partial charge < -0.3 is 10.4 Å². The molecule has 6 heteroatoms. The van der Waals surface area contributed by atoms with Gasteiger partial charge in [0.2, 0.25) is 0 Å². The van der Waals surface area contributed by atoms with Crippen molar-refractivity contribution in [2.45, 2.75) is 33.7 Å². The molecule has 0 aliphatic carbocycles. The van der Waals surface area contributed by atoms with Crippen molar-refractivity contribution in [1.82, 2.24) is 15.1 Å². The molecule has 0 radical (unpaired) electrons. The van der Waals surface area contributed by atoms with Gasteiger partial charge in [-0.2, -0.15) is 5.10 Å². The summed E-state index contributed by atoms with van der Waals surface area (Å²) < 4.78 is 2.46. The van der Waals surface area contributed by atoms with E-state index < -0.39 is 0 Å². The summed E-state index contributed by atoms with van der Waals surface area (Å²) in [6.07, 6.45) is 0.779. The maximum absolute atomic E-state index is 12.1. The zero-order valence-electron chi connectivity index (χ0n) is 13.0. The van der Waals surface area contributed by atoms with E-state index in [0.717, 1.165) is 29.9 Å². The highest BCUT2D eigenvalue weighted by Gasteiger charge is 2.14. The van der Waals surface area contributed by atoms with E-state index in [-0.39, 0.29) is 17.2 Å². The average Bonchev–Trinajstić information content (AvgIpc) is 2.76. The second-order valence-corrected chi connectivity index (χ2v) is 6.26. The van der Waals surface area contributed by atoms with Gasteiger partial charge in [-0.1, -0.05) is 0 Å². The van der Waals surface area contributed by atoms with Gasteiger partial charge in [0.25, 0.3) is 5.91 Å². The van der Waals surface area contributed by atoms with Crippen LogP contribution in [0.3, 0.4) is 0 Å². The Hall–Kier alpha value is -1.82. The standard InChI is InChI=1S/C16H20BrN3O2/c1-10-7-13(15(21)14(17)8-10)16(22)18-5-4-6-20-12(3)9-11(2)19-20/h7-9,21H,4-6H2,1-3H3,(H,18,22). The van der Waals surface area contributed by atoms with Gasteiger partial charge in [0.05, 0.1) is 15.7 Å². The number of aromatic nitrogens is 2. The van der Waals surface area contributed by atoms with E-state index in [1.165, 1.54) is 0 Å². The Labute approximate surface area is 138 Å². The van der Waals surface area contributed by atoms with Crippen LogP contribution in [0.25, 0.3) is 0 Å². The van der Waals surface area contributed by atoms with E-state index in [4.69, 9.17) is 0 Å². The minimum absolute atomic E-state index is 0.0263. The van der Waals surface area contributed by atoms with Crippen molar-refractivity contribution in [2.24, 2.45) is 0 Å². The van der Waals surface area contributed by atoms with E-state index in [2.05, 4.69) is 26.3 Å². The first kappa shape index (κ1) is 16.5. The number of halogens is 1. The molecule has 1 aromatic heterocycles.